The second-order valence-electron chi connectivity index (χ2n) is 2.05. The molecule has 1 N–H and O–H groups in total. The molecule has 0 aromatic rings. The first-order valence-corrected chi connectivity index (χ1v) is 2.71. The highest BCUT2D eigenvalue weighted by atomic mass is 14.8. The van der Waals surface area contributed by atoms with Gasteiger partial charge in [-0.15, -0.1) is 0 Å². The summed E-state index contributed by atoms with van der Waals surface area (Å²) in [5, 5.41) is 6.61. The van der Waals surface area contributed by atoms with Crippen LogP contribution in [0.4, 0.5) is 0 Å². The van der Waals surface area contributed by atoms with E-state index in [4.69, 9.17) is 5.41 Å². The van der Waals surface area contributed by atoms with Crippen LogP contribution in [0.5, 0.6) is 0 Å². The molecule has 8 heavy (non-hydrogen) atoms. The Hall–Kier alpha value is -0.660. The lowest BCUT2D eigenvalue weighted by atomic mass is 10.1. The first-order chi connectivity index (χ1) is 3.68. The van der Waals surface area contributed by atoms with Crippen LogP contribution >= 0.6 is 0 Å². The number of hydrogen-bond donors (Lipinski definition) is 1. The molecule has 2 heteroatoms. The van der Waals surface area contributed by atoms with Gasteiger partial charge in [-0.25, -0.2) is 4.99 Å². The predicted molar refractivity (Wildman–Crippen MR) is 36.7 cm³/mol. The van der Waals surface area contributed by atoms with E-state index in [0.29, 0.717) is 5.92 Å². The summed E-state index contributed by atoms with van der Waals surface area (Å²) in [6, 6.07) is 0. The summed E-state index contributed by atoms with van der Waals surface area (Å²) in [4.78, 5) is 3.78. The third-order valence-electron chi connectivity index (χ3n) is 1.10. The molecule has 0 aliphatic rings. The second kappa shape index (κ2) is 3.36. The van der Waals surface area contributed by atoms with E-state index in [1.54, 1.807) is 0 Å². The minimum absolute atomic E-state index is 0.469. The van der Waals surface area contributed by atoms with Gasteiger partial charge in [-0.1, -0.05) is 13.8 Å². The van der Waals surface area contributed by atoms with Crippen LogP contribution in [0.1, 0.15) is 20.8 Å². The standard InChI is InChI=1S/C6H12N2/c1-5(2)6(3)8-4-7/h4-5,7H,1-3H3/b7-4?,8-6-. The van der Waals surface area contributed by atoms with Crippen molar-refractivity contribution in [3.05, 3.63) is 0 Å². The SMILES string of the molecule is C/C(=N/C=N)C(C)C. The average Bonchev–Trinajstić information content (AvgIpc) is 1.67. The van der Waals surface area contributed by atoms with Gasteiger partial charge < -0.3 is 0 Å². The lowest BCUT2D eigenvalue weighted by Gasteiger charge is -1.98. The van der Waals surface area contributed by atoms with Crippen LogP contribution in [0.2, 0.25) is 0 Å². The molecule has 0 saturated carbocycles. The van der Waals surface area contributed by atoms with E-state index in [1.807, 2.05) is 6.92 Å². The number of nitrogens with one attached hydrogen (secondary N) is 1. The zero-order valence-corrected chi connectivity index (χ0v) is 5.60. The van der Waals surface area contributed by atoms with Gasteiger partial charge in [0.2, 0.25) is 0 Å². The highest BCUT2D eigenvalue weighted by Gasteiger charge is 1.93. The molecular weight excluding hydrogens is 100 g/mol. The molecule has 0 aliphatic heterocycles. The molecule has 0 aromatic heterocycles. The van der Waals surface area contributed by atoms with Gasteiger partial charge in [0.15, 0.2) is 0 Å². The van der Waals surface area contributed by atoms with Crippen LogP contribution in [-0.2, 0) is 0 Å². The number of hydrogen-bond acceptors (Lipinski definition) is 1. The zero-order chi connectivity index (χ0) is 6.57. The Balaban J connectivity index is 3.78. The molecule has 0 heterocycles. The second-order valence-corrected chi connectivity index (χ2v) is 2.05. The first kappa shape index (κ1) is 7.34. The maximum absolute atomic E-state index is 6.61. The third-order valence-corrected chi connectivity index (χ3v) is 1.10. The maximum Gasteiger partial charge on any atom is 0.106 e. The van der Waals surface area contributed by atoms with Crippen molar-refractivity contribution in [1.29, 1.82) is 5.41 Å². The first-order valence-electron chi connectivity index (χ1n) is 2.71. The average molecular weight is 112 g/mol. The van der Waals surface area contributed by atoms with Crippen LogP contribution in [0.15, 0.2) is 4.99 Å². The van der Waals surface area contributed by atoms with Crippen molar-refractivity contribution in [2.45, 2.75) is 20.8 Å². The van der Waals surface area contributed by atoms with E-state index in [-0.39, 0.29) is 0 Å². The smallest absolute Gasteiger partial charge is 0.106 e. The Bertz CT molecular complexity index is 103. The molecular formula is C6H12N2. The van der Waals surface area contributed by atoms with Gasteiger partial charge in [-0.3, -0.25) is 5.41 Å². The van der Waals surface area contributed by atoms with Crippen molar-refractivity contribution in [1.82, 2.24) is 0 Å². The Labute approximate surface area is 50.1 Å². The molecule has 46 valence electrons. The van der Waals surface area contributed by atoms with Crippen LogP contribution in [0.25, 0.3) is 0 Å². The van der Waals surface area contributed by atoms with Gasteiger partial charge in [-0.05, 0) is 12.8 Å². The minimum Gasteiger partial charge on any atom is -0.290 e. The van der Waals surface area contributed by atoms with Gasteiger partial charge in [0, 0.05) is 5.71 Å². The molecule has 0 fully saturated rings. The molecule has 0 radical (unpaired) electrons. The Morgan fingerprint density at radius 1 is 1.62 bits per heavy atom. The van der Waals surface area contributed by atoms with Crippen LogP contribution in [0, 0.1) is 11.3 Å². The molecule has 0 rings (SSSR count). The summed E-state index contributed by atoms with van der Waals surface area (Å²) in [6.07, 6.45) is 1.08. The van der Waals surface area contributed by atoms with Crippen molar-refractivity contribution in [2.75, 3.05) is 0 Å². The summed E-state index contributed by atoms with van der Waals surface area (Å²) in [5.41, 5.74) is 1.01. The summed E-state index contributed by atoms with van der Waals surface area (Å²) in [5.74, 6) is 0.469. The van der Waals surface area contributed by atoms with E-state index < -0.39 is 0 Å². The van der Waals surface area contributed by atoms with Crippen LogP contribution in [-0.4, -0.2) is 12.1 Å². The van der Waals surface area contributed by atoms with E-state index in [2.05, 4.69) is 18.8 Å². The molecule has 0 spiro atoms. The van der Waals surface area contributed by atoms with Crippen molar-refractivity contribution < 1.29 is 0 Å². The Kier molecular flexibility index (Phi) is 3.08. The molecule has 0 unspecified atom stereocenters. The summed E-state index contributed by atoms with van der Waals surface area (Å²) in [7, 11) is 0. The van der Waals surface area contributed by atoms with Crippen molar-refractivity contribution >= 4 is 12.1 Å². The fourth-order valence-corrected chi connectivity index (χ4v) is 0.251. The van der Waals surface area contributed by atoms with E-state index in [0.717, 1.165) is 12.1 Å². The van der Waals surface area contributed by atoms with Gasteiger partial charge >= 0.3 is 0 Å². The maximum atomic E-state index is 6.61. The Morgan fingerprint density at radius 2 is 2.12 bits per heavy atom. The molecule has 0 amide bonds. The normalized spacial score (nSPS) is 12.2. The fourth-order valence-electron chi connectivity index (χ4n) is 0.251. The van der Waals surface area contributed by atoms with Gasteiger partial charge in [0.05, 0.1) is 0 Å². The number of nitrogens with zero attached hydrogens (tertiary/aromatic N) is 1. The topological polar surface area (TPSA) is 36.2 Å². The fraction of sp³-hybridized carbons (Fsp3) is 0.667. The summed E-state index contributed by atoms with van der Waals surface area (Å²) >= 11 is 0. The molecule has 0 aromatic carbocycles. The van der Waals surface area contributed by atoms with Gasteiger partial charge in [0.25, 0.3) is 0 Å². The highest BCUT2D eigenvalue weighted by molar-refractivity contribution is 5.89. The lowest BCUT2D eigenvalue weighted by molar-refractivity contribution is 0.881. The Morgan fingerprint density at radius 3 is 2.25 bits per heavy atom. The van der Waals surface area contributed by atoms with Crippen molar-refractivity contribution in [3.8, 4) is 0 Å². The quantitative estimate of drug-likeness (QED) is 0.417. The van der Waals surface area contributed by atoms with E-state index in [1.165, 1.54) is 0 Å². The predicted octanol–water partition coefficient (Wildman–Crippen LogP) is 1.71. The summed E-state index contributed by atoms with van der Waals surface area (Å²) < 4.78 is 0. The zero-order valence-electron chi connectivity index (χ0n) is 5.60. The number of aliphatic imine (C=N–C) groups is 1. The molecule has 0 aliphatic carbocycles. The third kappa shape index (κ3) is 2.50. The van der Waals surface area contributed by atoms with E-state index >= 15 is 0 Å². The van der Waals surface area contributed by atoms with Gasteiger partial charge in [0.1, 0.15) is 6.34 Å². The largest absolute Gasteiger partial charge is 0.290 e. The van der Waals surface area contributed by atoms with Crippen LogP contribution in [0.3, 0.4) is 0 Å². The molecule has 0 saturated heterocycles. The van der Waals surface area contributed by atoms with Crippen molar-refractivity contribution in [3.63, 3.8) is 0 Å². The molecule has 2 nitrogen and oxygen atoms in total. The molecule has 0 atom stereocenters. The minimum atomic E-state index is 0.469. The lowest BCUT2D eigenvalue weighted by Crippen LogP contribution is -2.00. The van der Waals surface area contributed by atoms with Crippen LogP contribution < -0.4 is 0 Å². The van der Waals surface area contributed by atoms with Gasteiger partial charge in [-0.2, -0.15) is 0 Å². The monoisotopic (exact) mass is 112 g/mol. The highest BCUT2D eigenvalue weighted by Crippen LogP contribution is 1.93. The number of rotatable bonds is 2. The molecule has 0 bridgehead atoms. The van der Waals surface area contributed by atoms with E-state index in [9.17, 15) is 0 Å². The summed E-state index contributed by atoms with van der Waals surface area (Å²) in [6.45, 7) is 6.04. The van der Waals surface area contributed by atoms with Crippen molar-refractivity contribution in [2.24, 2.45) is 10.9 Å².